The second-order valence-corrected chi connectivity index (χ2v) is 5.03. The lowest BCUT2D eigenvalue weighted by Gasteiger charge is -2.16. The van der Waals surface area contributed by atoms with E-state index in [1.54, 1.807) is 4.68 Å². The summed E-state index contributed by atoms with van der Waals surface area (Å²) in [5, 5.41) is 10.8. The third-order valence-corrected chi connectivity index (χ3v) is 3.34. The summed E-state index contributed by atoms with van der Waals surface area (Å²) in [5.41, 5.74) is 1.99. The Morgan fingerprint density at radius 1 is 1.50 bits per heavy atom. The fourth-order valence-electron chi connectivity index (χ4n) is 2.41. The molecule has 1 aliphatic rings. The Balaban J connectivity index is 1.86. The zero-order chi connectivity index (χ0) is 13.0. The number of hydrogen-bond acceptors (Lipinski definition) is 3. The van der Waals surface area contributed by atoms with Crippen LogP contribution in [0.15, 0.2) is 6.07 Å². The summed E-state index contributed by atoms with van der Waals surface area (Å²) < 4.78 is 1.76. The number of rotatable bonds is 3. The molecular weight excluding hydrogens is 228 g/mol. The predicted octanol–water partition coefficient (Wildman–Crippen LogP) is 0.758. The van der Waals surface area contributed by atoms with Gasteiger partial charge in [-0.25, -0.2) is 0 Å². The molecule has 2 heterocycles. The van der Waals surface area contributed by atoms with Gasteiger partial charge in [-0.1, -0.05) is 0 Å². The van der Waals surface area contributed by atoms with Crippen LogP contribution in [0.5, 0.6) is 0 Å². The summed E-state index contributed by atoms with van der Waals surface area (Å²) in [6, 6.07) is 2.30. The van der Waals surface area contributed by atoms with Crippen molar-refractivity contribution < 1.29 is 4.79 Å². The van der Waals surface area contributed by atoms with E-state index in [-0.39, 0.29) is 5.91 Å². The zero-order valence-corrected chi connectivity index (χ0v) is 11.2. The first kappa shape index (κ1) is 13.1. The minimum Gasteiger partial charge on any atom is -0.352 e. The lowest BCUT2D eigenvalue weighted by molar-refractivity contribution is -0.122. The normalized spacial score (nSPS) is 20.4. The maximum Gasteiger partial charge on any atom is 0.241 e. The van der Waals surface area contributed by atoms with Crippen molar-refractivity contribution in [2.24, 2.45) is 0 Å². The molecule has 0 bridgehead atoms. The van der Waals surface area contributed by atoms with Crippen LogP contribution in [-0.4, -0.2) is 34.8 Å². The van der Waals surface area contributed by atoms with Gasteiger partial charge in [-0.2, -0.15) is 5.10 Å². The number of carbonyl (C=O) groups excluding carboxylic acids is 1. The smallest absolute Gasteiger partial charge is 0.241 e. The van der Waals surface area contributed by atoms with Crippen LogP contribution in [-0.2, 0) is 11.3 Å². The topological polar surface area (TPSA) is 59.0 Å². The molecule has 1 amide bonds. The van der Waals surface area contributed by atoms with Crippen molar-refractivity contribution in [2.75, 3.05) is 13.1 Å². The number of hydrogen-bond donors (Lipinski definition) is 2. The van der Waals surface area contributed by atoms with E-state index in [1.807, 2.05) is 19.9 Å². The standard InChI is InChI=1S/C13H22N4O/c1-10-8-11(2)17(16-10)9-13(18)15-12-4-3-6-14-7-5-12/h8,12,14H,3-7,9H2,1-2H3,(H,15,18). The van der Waals surface area contributed by atoms with E-state index in [0.29, 0.717) is 12.6 Å². The average Bonchev–Trinajstić information content (AvgIpc) is 2.54. The molecule has 0 aromatic carbocycles. The molecule has 0 spiro atoms. The van der Waals surface area contributed by atoms with Crippen molar-refractivity contribution in [1.82, 2.24) is 20.4 Å². The Bertz CT molecular complexity index is 405. The van der Waals surface area contributed by atoms with Gasteiger partial charge in [0, 0.05) is 11.7 Å². The molecule has 1 fully saturated rings. The van der Waals surface area contributed by atoms with Gasteiger partial charge in [0.2, 0.25) is 5.91 Å². The monoisotopic (exact) mass is 250 g/mol. The second kappa shape index (κ2) is 6.00. The van der Waals surface area contributed by atoms with Crippen molar-refractivity contribution in [1.29, 1.82) is 0 Å². The Labute approximate surface area is 108 Å². The minimum atomic E-state index is 0.0631. The average molecular weight is 250 g/mol. The van der Waals surface area contributed by atoms with Crippen molar-refractivity contribution in [3.05, 3.63) is 17.5 Å². The summed E-state index contributed by atoms with van der Waals surface area (Å²) in [6.07, 6.45) is 3.21. The Hall–Kier alpha value is -1.36. The lowest BCUT2D eigenvalue weighted by Crippen LogP contribution is -2.37. The highest BCUT2D eigenvalue weighted by atomic mass is 16.2. The molecule has 0 saturated carbocycles. The van der Waals surface area contributed by atoms with E-state index in [0.717, 1.165) is 43.7 Å². The molecule has 0 radical (unpaired) electrons. The fraction of sp³-hybridized carbons (Fsp3) is 0.692. The van der Waals surface area contributed by atoms with Gasteiger partial charge in [-0.15, -0.1) is 0 Å². The van der Waals surface area contributed by atoms with E-state index in [2.05, 4.69) is 15.7 Å². The maximum absolute atomic E-state index is 12.0. The summed E-state index contributed by atoms with van der Waals surface area (Å²) in [6.45, 7) is 6.29. The first-order valence-corrected chi connectivity index (χ1v) is 6.66. The largest absolute Gasteiger partial charge is 0.352 e. The maximum atomic E-state index is 12.0. The molecule has 0 aliphatic carbocycles. The molecule has 2 rings (SSSR count). The van der Waals surface area contributed by atoms with Crippen molar-refractivity contribution >= 4 is 5.91 Å². The molecule has 1 saturated heterocycles. The van der Waals surface area contributed by atoms with Crippen LogP contribution in [0.4, 0.5) is 0 Å². The van der Waals surface area contributed by atoms with Gasteiger partial charge in [0.05, 0.1) is 5.69 Å². The van der Waals surface area contributed by atoms with E-state index in [1.165, 1.54) is 0 Å². The fourth-order valence-corrected chi connectivity index (χ4v) is 2.41. The summed E-state index contributed by atoms with van der Waals surface area (Å²) in [7, 11) is 0. The molecule has 100 valence electrons. The SMILES string of the molecule is Cc1cc(C)n(CC(=O)NC2CCCNCC2)n1. The van der Waals surface area contributed by atoms with Gasteiger partial charge >= 0.3 is 0 Å². The first-order chi connectivity index (χ1) is 8.65. The summed E-state index contributed by atoms with van der Waals surface area (Å²) in [4.78, 5) is 12.0. The Morgan fingerprint density at radius 3 is 3.06 bits per heavy atom. The highest BCUT2D eigenvalue weighted by Gasteiger charge is 2.15. The molecule has 1 atom stereocenters. The predicted molar refractivity (Wildman–Crippen MR) is 70.4 cm³/mol. The minimum absolute atomic E-state index is 0.0631. The number of aryl methyl sites for hydroxylation is 2. The van der Waals surface area contributed by atoms with Crippen LogP contribution < -0.4 is 10.6 Å². The molecular formula is C13H22N4O. The number of amides is 1. The van der Waals surface area contributed by atoms with E-state index < -0.39 is 0 Å². The Kier molecular flexibility index (Phi) is 4.36. The van der Waals surface area contributed by atoms with E-state index in [9.17, 15) is 4.79 Å². The molecule has 1 aromatic rings. The highest BCUT2D eigenvalue weighted by Crippen LogP contribution is 2.06. The molecule has 18 heavy (non-hydrogen) atoms. The van der Waals surface area contributed by atoms with Crippen LogP contribution in [0.25, 0.3) is 0 Å². The number of nitrogens with one attached hydrogen (secondary N) is 2. The molecule has 5 nitrogen and oxygen atoms in total. The van der Waals surface area contributed by atoms with Crippen LogP contribution >= 0.6 is 0 Å². The highest BCUT2D eigenvalue weighted by molar-refractivity contribution is 5.76. The van der Waals surface area contributed by atoms with Gasteiger partial charge < -0.3 is 10.6 Å². The van der Waals surface area contributed by atoms with Crippen molar-refractivity contribution in [3.63, 3.8) is 0 Å². The Morgan fingerprint density at radius 2 is 2.33 bits per heavy atom. The molecule has 1 aliphatic heterocycles. The van der Waals surface area contributed by atoms with E-state index >= 15 is 0 Å². The van der Waals surface area contributed by atoms with Crippen molar-refractivity contribution in [3.8, 4) is 0 Å². The quantitative estimate of drug-likeness (QED) is 0.832. The van der Waals surface area contributed by atoms with Gasteiger partial charge in [-0.3, -0.25) is 9.48 Å². The lowest BCUT2D eigenvalue weighted by atomic mass is 10.1. The van der Waals surface area contributed by atoms with Crippen LogP contribution in [0.3, 0.4) is 0 Å². The molecule has 1 unspecified atom stereocenters. The van der Waals surface area contributed by atoms with Gasteiger partial charge in [0.25, 0.3) is 0 Å². The molecule has 2 N–H and O–H groups in total. The van der Waals surface area contributed by atoms with Gasteiger partial charge in [-0.05, 0) is 52.3 Å². The molecule has 5 heteroatoms. The van der Waals surface area contributed by atoms with Gasteiger partial charge in [0.1, 0.15) is 6.54 Å². The summed E-state index contributed by atoms with van der Waals surface area (Å²) >= 11 is 0. The zero-order valence-electron chi connectivity index (χ0n) is 11.2. The third-order valence-electron chi connectivity index (χ3n) is 3.34. The molecule has 1 aromatic heterocycles. The number of carbonyl (C=O) groups is 1. The van der Waals surface area contributed by atoms with Gasteiger partial charge in [0.15, 0.2) is 0 Å². The third kappa shape index (κ3) is 3.57. The first-order valence-electron chi connectivity index (χ1n) is 6.66. The van der Waals surface area contributed by atoms with E-state index in [4.69, 9.17) is 0 Å². The van der Waals surface area contributed by atoms with Crippen LogP contribution in [0, 0.1) is 13.8 Å². The number of nitrogens with zero attached hydrogens (tertiary/aromatic N) is 2. The van der Waals surface area contributed by atoms with Crippen molar-refractivity contribution in [2.45, 2.75) is 45.7 Å². The second-order valence-electron chi connectivity index (χ2n) is 5.03. The number of aromatic nitrogens is 2. The summed E-state index contributed by atoms with van der Waals surface area (Å²) in [5.74, 6) is 0.0631. The van der Waals surface area contributed by atoms with Crippen LogP contribution in [0.1, 0.15) is 30.7 Å². The van der Waals surface area contributed by atoms with Crippen LogP contribution in [0.2, 0.25) is 0 Å².